The summed E-state index contributed by atoms with van der Waals surface area (Å²) in [6.45, 7) is 5.32. The van der Waals surface area contributed by atoms with Crippen molar-refractivity contribution in [2.24, 2.45) is 0 Å². The van der Waals surface area contributed by atoms with Crippen LogP contribution in [0, 0.1) is 6.92 Å². The van der Waals surface area contributed by atoms with Gasteiger partial charge in [-0.25, -0.2) is 9.97 Å². The fourth-order valence-corrected chi connectivity index (χ4v) is 1.97. The largest absolute Gasteiger partial charge is 0.370 e. The highest BCUT2D eigenvalue weighted by atomic mass is 15.0. The summed E-state index contributed by atoms with van der Waals surface area (Å²) < 4.78 is 0. The number of hydrogen-bond donors (Lipinski definition) is 1. The molecule has 1 aliphatic rings. The molecule has 1 aliphatic carbocycles. The van der Waals surface area contributed by atoms with Crippen LogP contribution in [-0.4, -0.2) is 16.5 Å². The van der Waals surface area contributed by atoms with Crippen molar-refractivity contribution in [2.45, 2.75) is 58.3 Å². The van der Waals surface area contributed by atoms with E-state index in [1.165, 1.54) is 38.5 Å². The SMILES string of the molecule is CCCCCCNc1cc(C)nc(C2CC2)n1. The molecule has 0 aliphatic heterocycles. The van der Waals surface area contributed by atoms with E-state index in [-0.39, 0.29) is 0 Å². The lowest BCUT2D eigenvalue weighted by atomic mass is 10.2. The highest BCUT2D eigenvalue weighted by Crippen LogP contribution is 2.38. The number of rotatable bonds is 7. The van der Waals surface area contributed by atoms with E-state index in [0.717, 1.165) is 23.9 Å². The van der Waals surface area contributed by atoms with Crippen molar-refractivity contribution < 1.29 is 0 Å². The second-order valence-electron chi connectivity index (χ2n) is 5.01. The molecule has 3 nitrogen and oxygen atoms in total. The van der Waals surface area contributed by atoms with E-state index in [1.807, 2.05) is 6.07 Å². The first-order valence-corrected chi connectivity index (χ1v) is 6.89. The van der Waals surface area contributed by atoms with Crippen LogP contribution in [0.1, 0.15) is 62.9 Å². The van der Waals surface area contributed by atoms with Gasteiger partial charge in [0.15, 0.2) is 0 Å². The molecule has 0 saturated heterocycles. The molecule has 2 rings (SSSR count). The Morgan fingerprint density at radius 2 is 2.06 bits per heavy atom. The molecular weight excluding hydrogens is 210 g/mol. The van der Waals surface area contributed by atoms with Crippen molar-refractivity contribution >= 4 is 5.82 Å². The van der Waals surface area contributed by atoms with Gasteiger partial charge in [-0.05, 0) is 26.2 Å². The van der Waals surface area contributed by atoms with Crippen LogP contribution in [0.15, 0.2) is 6.07 Å². The summed E-state index contributed by atoms with van der Waals surface area (Å²) in [5.74, 6) is 2.69. The van der Waals surface area contributed by atoms with Gasteiger partial charge in [0, 0.05) is 24.2 Å². The van der Waals surface area contributed by atoms with E-state index in [0.29, 0.717) is 5.92 Å². The van der Waals surface area contributed by atoms with Crippen LogP contribution in [-0.2, 0) is 0 Å². The molecule has 0 aromatic carbocycles. The maximum atomic E-state index is 4.59. The second-order valence-corrected chi connectivity index (χ2v) is 5.01. The third-order valence-corrected chi connectivity index (χ3v) is 3.15. The van der Waals surface area contributed by atoms with Gasteiger partial charge in [-0.15, -0.1) is 0 Å². The van der Waals surface area contributed by atoms with Gasteiger partial charge in [-0.3, -0.25) is 0 Å². The van der Waals surface area contributed by atoms with Crippen LogP contribution in [0.2, 0.25) is 0 Å². The molecule has 1 fully saturated rings. The van der Waals surface area contributed by atoms with Crippen molar-refractivity contribution in [3.8, 4) is 0 Å². The zero-order valence-electron chi connectivity index (χ0n) is 11.0. The Kier molecular flexibility index (Phi) is 4.35. The number of unbranched alkanes of at least 4 members (excludes halogenated alkanes) is 3. The zero-order chi connectivity index (χ0) is 12.1. The van der Waals surface area contributed by atoms with Crippen LogP contribution < -0.4 is 5.32 Å². The number of anilines is 1. The van der Waals surface area contributed by atoms with Gasteiger partial charge < -0.3 is 5.32 Å². The van der Waals surface area contributed by atoms with Gasteiger partial charge in [0.05, 0.1) is 0 Å². The lowest BCUT2D eigenvalue weighted by Crippen LogP contribution is -2.06. The average molecular weight is 233 g/mol. The number of hydrogen-bond acceptors (Lipinski definition) is 3. The van der Waals surface area contributed by atoms with E-state index in [9.17, 15) is 0 Å². The van der Waals surface area contributed by atoms with Gasteiger partial charge in [0.2, 0.25) is 0 Å². The standard InChI is InChI=1S/C14H23N3/c1-3-4-5-6-9-15-13-10-11(2)16-14(17-13)12-7-8-12/h10,12H,3-9H2,1-2H3,(H,15,16,17). The minimum absolute atomic E-state index is 0.635. The topological polar surface area (TPSA) is 37.8 Å². The highest BCUT2D eigenvalue weighted by molar-refractivity contribution is 5.36. The number of nitrogens with one attached hydrogen (secondary N) is 1. The van der Waals surface area contributed by atoms with E-state index in [2.05, 4.69) is 29.1 Å². The molecule has 0 radical (unpaired) electrons. The van der Waals surface area contributed by atoms with Crippen molar-refractivity contribution in [1.29, 1.82) is 0 Å². The van der Waals surface area contributed by atoms with Gasteiger partial charge in [-0.1, -0.05) is 26.2 Å². The molecule has 0 amide bonds. The third kappa shape index (κ3) is 3.99. The van der Waals surface area contributed by atoms with Crippen LogP contribution >= 0.6 is 0 Å². The van der Waals surface area contributed by atoms with E-state index in [4.69, 9.17) is 0 Å². The van der Waals surface area contributed by atoms with Crippen molar-refractivity contribution in [3.63, 3.8) is 0 Å². The molecule has 1 aromatic heterocycles. The smallest absolute Gasteiger partial charge is 0.134 e. The Labute approximate surface area is 104 Å². The lowest BCUT2D eigenvalue weighted by molar-refractivity contribution is 0.684. The monoisotopic (exact) mass is 233 g/mol. The first-order valence-electron chi connectivity index (χ1n) is 6.89. The molecule has 1 N–H and O–H groups in total. The van der Waals surface area contributed by atoms with Gasteiger partial charge in [-0.2, -0.15) is 0 Å². The van der Waals surface area contributed by atoms with E-state index < -0.39 is 0 Å². The lowest BCUT2D eigenvalue weighted by Gasteiger charge is -2.08. The predicted octanol–water partition coefficient (Wildman–Crippen LogP) is 3.65. The molecule has 17 heavy (non-hydrogen) atoms. The van der Waals surface area contributed by atoms with Crippen molar-refractivity contribution in [2.75, 3.05) is 11.9 Å². The Hall–Kier alpha value is -1.12. The molecular formula is C14H23N3. The molecule has 0 bridgehead atoms. The third-order valence-electron chi connectivity index (χ3n) is 3.15. The quantitative estimate of drug-likeness (QED) is 0.730. The molecule has 3 heteroatoms. The summed E-state index contributed by atoms with van der Waals surface area (Å²) in [6.07, 6.45) is 7.69. The Morgan fingerprint density at radius 1 is 1.24 bits per heavy atom. The first kappa shape index (κ1) is 12.3. The average Bonchev–Trinajstić information content (AvgIpc) is 3.12. The van der Waals surface area contributed by atoms with Crippen LogP contribution in [0.4, 0.5) is 5.82 Å². The maximum absolute atomic E-state index is 4.59. The Balaban J connectivity index is 1.82. The second kappa shape index (κ2) is 5.99. The highest BCUT2D eigenvalue weighted by Gasteiger charge is 2.26. The molecule has 1 saturated carbocycles. The summed E-state index contributed by atoms with van der Waals surface area (Å²) >= 11 is 0. The molecule has 1 aromatic rings. The normalized spacial score (nSPS) is 14.9. The Morgan fingerprint density at radius 3 is 2.76 bits per heavy atom. The van der Waals surface area contributed by atoms with Crippen molar-refractivity contribution in [1.82, 2.24) is 9.97 Å². The van der Waals surface area contributed by atoms with Crippen molar-refractivity contribution in [3.05, 3.63) is 17.6 Å². The van der Waals surface area contributed by atoms with E-state index >= 15 is 0 Å². The summed E-state index contributed by atoms with van der Waals surface area (Å²) in [4.78, 5) is 9.09. The summed E-state index contributed by atoms with van der Waals surface area (Å²) in [7, 11) is 0. The van der Waals surface area contributed by atoms with Gasteiger partial charge in [0.1, 0.15) is 11.6 Å². The molecule has 0 unspecified atom stereocenters. The predicted molar refractivity (Wildman–Crippen MR) is 71.4 cm³/mol. The van der Waals surface area contributed by atoms with Crippen LogP contribution in [0.25, 0.3) is 0 Å². The maximum Gasteiger partial charge on any atom is 0.134 e. The molecule has 0 spiro atoms. The summed E-state index contributed by atoms with van der Waals surface area (Å²) in [6, 6.07) is 2.05. The van der Waals surface area contributed by atoms with Crippen LogP contribution in [0.3, 0.4) is 0 Å². The number of nitrogens with zero attached hydrogens (tertiary/aromatic N) is 2. The molecule has 1 heterocycles. The number of aryl methyl sites for hydroxylation is 1. The molecule has 0 atom stereocenters. The van der Waals surface area contributed by atoms with Crippen LogP contribution in [0.5, 0.6) is 0 Å². The minimum atomic E-state index is 0.635. The van der Waals surface area contributed by atoms with Gasteiger partial charge in [0.25, 0.3) is 0 Å². The minimum Gasteiger partial charge on any atom is -0.370 e. The first-order chi connectivity index (χ1) is 8.29. The number of aromatic nitrogens is 2. The summed E-state index contributed by atoms with van der Waals surface area (Å²) in [5, 5.41) is 3.42. The zero-order valence-corrected chi connectivity index (χ0v) is 11.0. The molecule has 94 valence electrons. The Bertz CT molecular complexity index is 358. The summed E-state index contributed by atoms with van der Waals surface area (Å²) in [5.41, 5.74) is 1.08. The van der Waals surface area contributed by atoms with E-state index in [1.54, 1.807) is 0 Å². The fraction of sp³-hybridized carbons (Fsp3) is 0.714. The van der Waals surface area contributed by atoms with Gasteiger partial charge >= 0.3 is 0 Å². The fourth-order valence-electron chi connectivity index (χ4n) is 1.97.